The smallest absolute Gasteiger partial charge is 0.399 e. The van der Waals surface area contributed by atoms with Crippen molar-refractivity contribution in [3.05, 3.63) is 24.5 Å². The maximum Gasteiger partial charge on any atom is 0.496 e. The van der Waals surface area contributed by atoms with Gasteiger partial charge in [0.15, 0.2) is 5.82 Å². The van der Waals surface area contributed by atoms with Gasteiger partial charge >= 0.3 is 19.2 Å². The number of fused-ring (bicyclic) bond motifs is 1. The topological polar surface area (TPSA) is 91.2 Å². The van der Waals surface area contributed by atoms with Crippen molar-refractivity contribution in [1.82, 2.24) is 9.38 Å². The van der Waals surface area contributed by atoms with Crippen LogP contribution >= 0.6 is 0 Å². The quantitative estimate of drug-likeness (QED) is 0.483. The minimum Gasteiger partial charge on any atom is -0.399 e. The van der Waals surface area contributed by atoms with Crippen molar-refractivity contribution in [2.75, 3.05) is 5.32 Å². The van der Waals surface area contributed by atoms with Crippen molar-refractivity contribution in [3.8, 4) is 0 Å². The minimum absolute atomic E-state index is 0.142. The van der Waals surface area contributed by atoms with Gasteiger partial charge in [0.2, 0.25) is 0 Å². The molecule has 2 aromatic heterocycles. The monoisotopic (exact) mass is 401 g/mol. The molecule has 1 aliphatic heterocycles. The van der Waals surface area contributed by atoms with Gasteiger partial charge in [-0.05, 0) is 44.6 Å². The Hall–Kier alpha value is -2.39. The fraction of sp³-hybridized carbons (Fsp3) is 0.550. The summed E-state index contributed by atoms with van der Waals surface area (Å²) in [5, 5.41) is 2.49. The first kappa shape index (κ1) is 21.3. The molecule has 29 heavy (non-hydrogen) atoms. The van der Waals surface area contributed by atoms with E-state index in [-0.39, 0.29) is 17.7 Å². The van der Waals surface area contributed by atoms with E-state index in [1.165, 1.54) is 0 Å². The number of rotatable bonds is 3. The van der Waals surface area contributed by atoms with Gasteiger partial charge in [0.05, 0.1) is 23.8 Å². The average Bonchev–Trinajstić information content (AvgIpc) is 3.01. The largest absolute Gasteiger partial charge is 0.496 e. The lowest BCUT2D eigenvalue weighted by molar-refractivity contribution is -0.138. The number of carbonyl (C=O) groups excluding carboxylic acids is 2. The van der Waals surface area contributed by atoms with Crippen LogP contribution in [0.25, 0.3) is 5.65 Å². The highest BCUT2D eigenvalue weighted by molar-refractivity contribution is 6.62. The molecule has 0 saturated carbocycles. The molecular weight excluding hydrogens is 373 g/mol. The van der Waals surface area contributed by atoms with Crippen molar-refractivity contribution in [2.45, 2.75) is 66.1 Å². The summed E-state index contributed by atoms with van der Waals surface area (Å²) in [5.41, 5.74) is 0.337. The van der Waals surface area contributed by atoms with Gasteiger partial charge in [0, 0.05) is 6.20 Å². The second-order valence-corrected chi connectivity index (χ2v) is 9.57. The number of esters is 1. The number of carbonyl (C=O) groups is 2. The van der Waals surface area contributed by atoms with E-state index in [0.717, 1.165) is 5.46 Å². The molecule has 3 rings (SSSR count). The number of nitrogens with one attached hydrogen (secondary N) is 1. The lowest BCUT2D eigenvalue weighted by Crippen LogP contribution is -2.41. The lowest BCUT2D eigenvalue weighted by Gasteiger charge is -2.32. The first-order valence-corrected chi connectivity index (χ1v) is 9.62. The van der Waals surface area contributed by atoms with Crippen LogP contribution in [0.15, 0.2) is 24.5 Å². The molecular formula is C20H28BN3O5. The standard InChI is InChI=1S/C20H28BN3O5/c1-18(2,3)10-16(25)27-17(26)23-14-12-24-11-13(8-9-15(24)22-14)21-28-19(4,5)20(6,7)29-21/h8-9,11-12H,10H2,1-7H3,(H,23,26). The predicted molar refractivity (Wildman–Crippen MR) is 110 cm³/mol. The third kappa shape index (κ3) is 4.79. The van der Waals surface area contributed by atoms with Crippen molar-refractivity contribution < 1.29 is 23.6 Å². The van der Waals surface area contributed by atoms with Gasteiger partial charge in [0.1, 0.15) is 5.65 Å². The van der Waals surface area contributed by atoms with Gasteiger partial charge in [-0.15, -0.1) is 0 Å². The lowest BCUT2D eigenvalue weighted by atomic mass is 9.80. The van der Waals surface area contributed by atoms with Crippen molar-refractivity contribution in [1.29, 1.82) is 0 Å². The summed E-state index contributed by atoms with van der Waals surface area (Å²) < 4.78 is 18.7. The van der Waals surface area contributed by atoms with Crippen LogP contribution in [-0.4, -0.2) is 39.8 Å². The Labute approximate surface area is 171 Å². The molecule has 9 heteroatoms. The molecule has 0 bridgehead atoms. The zero-order chi connectivity index (χ0) is 21.6. The predicted octanol–water partition coefficient (Wildman–Crippen LogP) is 3.14. The average molecular weight is 401 g/mol. The SMILES string of the molecule is CC(C)(C)CC(=O)OC(=O)Nc1cn2cc(B3OC(C)(C)C(C)(C)O3)ccc2n1. The summed E-state index contributed by atoms with van der Waals surface area (Å²) in [6, 6.07) is 3.68. The summed E-state index contributed by atoms with van der Waals surface area (Å²) in [4.78, 5) is 28.1. The number of aromatic nitrogens is 2. The molecule has 3 heterocycles. The van der Waals surface area contributed by atoms with Crippen LogP contribution in [0.1, 0.15) is 54.9 Å². The van der Waals surface area contributed by atoms with Crippen molar-refractivity contribution in [2.24, 2.45) is 5.41 Å². The molecule has 1 amide bonds. The van der Waals surface area contributed by atoms with Crippen LogP contribution in [0.5, 0.6) is 0 Å². The van der Waals surface area contributed by atoms with Gasteiger partial charge in [-0.25, -0.2) is 9.78 Å². The summed E-state index contributed by atoms with van der Waals surface area (Å²) in [6.07, 6.45) is 2.77. The maximum atomic E-state index is 12.0. The number of imidazole rings is 1. The first-order chi connectivity index (χ1) is 13.3. The van der Waals surface area contributed by atoms with Gasteiger partial charge in [0.25, 0.3) is 0 Å². The summed E-state index contributed by atoms with van der Waals surface area (Å²) in [7, 11) is -0.497. The highest BCUT2D eigenvalue weighted by Gasteiger charge is 2.51. The number of nitrogens with zero attached hydrogens (tertiary/aromatic N) is 2. The van der Waals surface area contributed by atoms with Crippen LogP contribution in [0, 0.1) is 5.41 Å². The third-order valence-electron chi connectivity index (χ3n) is 5.11. The van der Waals surface area contributed by atoms with Crippen LogP contribution < -0.4 is 10.8 Å². The van der Waals surface area contributed by atoms with E-state index >= 15 is 0 Å². The Balaban J connectivity index is 1.70. The van der Waals surface area contributed by atoms with E-state index in [4.69, 9.17) is 14.0 Å². The van der Waals surface area contributed by atoms with Crippen LogP contribution in [0.4, 0.5) is 10.6 Å². The number of pyridine rings is 1. The van der Waals surface area contributed by atoms with Gasteiger partial charge in [-0.3, -0.25) is 10.1 Å². The zero-order valence-electron chi connectivity index (χ0n) is 18.0. The molecule has 0 aliphatic carbocycles. The van der Waals surface area contributed by atoms with Crippen LogP contribution in [-0.2, 0) is 18.8 Å². The van der Waals surface area contributed by atoms with Crippen LogP contribution in [0.2, 0.25) is 0 Å². The van der Waals surface area contributed by atoms with E-state index < -0.39 is 30.4 Å². The summed E-state index contributed by atoms with van der Waals surface area (Å²) in [5.74, 6) is -0.300. The molecule has 0 radical (unpaired) electrons. The van der Waals surface area contributed by atoms with E-state index in [0.29, 0.717) is 5.65 Å². The van der Waals surface area contributed by atoms with E-state index in [1.54, 1.807) is 10.6 Å². The number of amides is 1. The molecule has 0 unspecified atom stereocenters. The molecule has 1 saturated heterocycles. The Kier molecular flexibility index (Phi) is 5.25. The normalized spacial score (nSPS) is 18.1. The van der Waals surface area contributed by atoms with Gasteiger partial charge < -0.3 is 18.4 Å². The van der Waals surface area contributed by atoms with E-state index in [2.05, 4.69) is 10.3 Å². The number of hydrogen-bond donors (Lipinski definition) is 1. The number of hydrogen-bond acceptors (Lipinski definition) is 6. The fourth-order valence-electron chi connectivity index (χ4n) is 2.89. The third-order valence-corrected chi connectivity index (χ3v) is 5.11. The molecule has 1 fully saturated rings. The van der Waals surface area contributed by atoms with Gasteiger partial charge in [-0.1, -0.05) is 26.8 Å². The molecule has 8 nitrogen and oxygen atoms in total. The fourth-order valence-corrected chi connectivity index (χ4v) is 2.89. The maximum absolute atomic E-state index is 12.0. The molecule has 156 valence electrons. The Bertz CT molecular complexity index is 929. The van der Waals surface area contributed by atoms with Crippen molar-refractivity contribution in [3.63, 3.8) is 0 Å². The zero-order valence-corrected chi connectivity index (χ0v) is 18.0. The highest BCUT2D eigenvalue weighted by Crippen LogP contribution is 2.36. The molecule has 2 aromatic rings. The molecule has 0 atom stereocenters. The Morgan fingerprint density at radius 2 is 1.76 bits per heavy atom. The number of anilines is 1. The Morgan fingerprint density at radius 3 is 2.34 bits per heavy atom. The van der Waals surface area contributed by atoms with E-state index in [9.17, 15) is 9.59 Å². The molecule has 1 aliphatic rings. The number of ether oxygens (including phenoxy) is 1. The second kappa shape index (κ2) is 7.14. The minimum atomic E-state index is -0.853. The summed E-state index contributed by atoms with van der Waals surface area (Å²) in [6.45, 7) is 13.7. The highest BCUT2D eigenvalue weighted by atomic mass is 16.7. The first-order valence-electron chi connectivity index (χ1n) is 9.62. The van der Waals surface area contributed by atoms with Crippen molar-refractivity contribution >= 4 is 36.1 Å². The molecule has 0 spiro atoms. The Morgan fingerprint density at radius 1 is 1.14 bits per heavy atom. The van der Waals surface area contributed by atoms with E-state index in [1.807, 2.05) is 66.8 Å². The van der Waals surface area contributed by atoms with Crippen LogP contribution in [0.3, 0.4) is 0 Å². The van der Waals surface area contributed by atoms with Gasteiger partial charge in [-0.2, -0.15) is 0 Å². The molecule has 1 N–H and O–H groups in total. The summed E-state index contributed by atoms with van der Waals surface area (Å²) >= 11 is 0. The molecule has 0 aromatic carbocycles. The second-order valence-electron chi connectivity index (χ2n) is 9.57.